The summed E-state index contributed by atoms with van der Waals surface area (Å²) >= 11 is 1.70. The number of likely N-dealkylation sites (N-methyl/N-ethyl adjacent to an activating group) is 1. The van der Waals surface area contributed by atoms with Gasteiger partial charge < -0.3 is 9.64 Å². The molecule has 2 aromatic carbocycles. The summed E-state index contributed by atoms with van der Waals surface area (Å²) in [5.74, 6) is 0.953. The molecular formula is C25H30N4O2S. The standard InChI is InChI=1S/C25H30N4O2S/c1-27(16-21-10-6-7-11-23(21)31-2)24(30)18-29-14-12-28(13-15-29)17-22-19-32-25(26-22)20-8-4-3-5-9-20/h3-11,19H,12-18H2,1-2H3. The molecule has 0 spiro atoms. The molecule has 0 atom stereocenters. The van der Waals surface area contributed by atoms with Crippen molar-refractivity contribution in [2.45, 2.75) is 13.1 Å². The molecule has 7 heteroatoms. The van der Waals surface area contributed by atoms with Crippen LogP contribution in [0.5, 0.6) is 5.75 Å². The molecule has 1 aliphatic rings. The van der Waals surface area contributed by atoms with E-state index in [1.165, 1.54) is 5.56 Å². The number of nitrogens with zero attached hydrogens (tertiary/aromatic N) is 4. The first-order valence-corrected chi connectivity index (χ1v) is 11.8. The highest BCUT2D eigenvalue weighted by Gasteiger charge is 2.21. The topological polar surface area (TPSA) is 48.9 Å². The minimum atomic E-state index is 0.136. The number of para-hydroxylation sites is 1. The summed E-state index contributed by atoms with van der Waals surface area (Å²) in [5.41, 5.74) is 3.31. The molecule has 1 amide bonds. The van der Waals surface area contributed by atoms with Crippen LogP contribution in [0.4, 0.5) is 0 Å². The largest absolute Gasteiger partial charge is 0.496 e. The normalized spacial score (nSPS) is 14.9. The summed E-state index contributed by atoms with van der Waals surface area (Å²) in [6.45, 7) is 5.54. The number of benzene rings is 2. The number of carbonyl (C=O) groups is 1. The zero-order valence-corrected chi connectivity index (χ0v) is 19.6. The molecule has 4 rings (SSSR count). The van der Waals surface area contributed by atoms with E-state index < -0.39 is 0 Å². The second-order valence-corrected chi connectivity index (χ2v) is 8.98. The molecule has 6 nitrogen and oxygen atoms in total. The highest BCUT2D eigenvalue weighted by Crippen LogP contribution is 2.24. The Hall–Kier alpha value is -2.74. The van der Waals surface area contributed by atoms with Crippen molar-refractivity contribution in [3.8, 4) is 16.3 Å². The van der Waals surface area contributed by atoms with Crippen LogP contribution in [0.1, 0.15) is 11.3 Å². The van der Waals surface area contributed by atoms with Crippen LogP contribution in [0.3, 0.4) is 0 Å². The van der Waals surface area contributed by atoms with Crippen LogP contribution < -0.4 is 4.74 Å². The highest BCUT2D eigenvalue weighted by molar-refractivity contribution is 7.13. The van der Waals surface area contributed by atoms with Crippen molar-refractivity contribution >= 4 is 17.2 Å². The third kappa shape index (κ3) is 5.73. The van der Waals surface area contributed by atoms with Crippen LogP contribution in [0.2, 0.25) is 0 Å². The van der Waals surface area contributed by atoms with Gasteiger partial charge in [-0.25, -0.2) is 4.98 Å². The molecular weight excluding hydrogens is 420 g/mol. The van der Waals surface area contributed by atoms with E-state index in [9.17, 15) is 4.79 Å². The lowest BCUT2D eigenvalue weighted by Gasteiger charge is -2.34. The van der Waals surface area contributed by atoms with E-state index in [4.69, 9.17) is 9.72 Å². The number of hydrogen-bond donors (Lipinski definition) is 0. The van der Waals surface area contributed by atoms with Crippen molar-refractivity contribution in [1.29, 1.82) is 0 Å². The van der Waals surface area contributed by atoms with Crippen molar-refractivity contribution in [3.63, 3.8) is 0 Å². The molecule has 1 saturated heterocycles. The number of methoxy groups -OCH3 is 1. The molecule has 0 saturated carbocycles. The summed E-state index contributed by atoms with van der Waals surface area (Å²) in [7, 11) is 3.52. The lowest BCUT2D eigenvalue weighted by molar-refractivity contribution is -0.132. The Kier molecular flexibility index (Phi) is 7.52. The second-order valence-electron chi connectivity index (χ2n) is 8.12. The molecule has 2 heterocycles. The fourth-order valence-corrected chi connectivity index (χ4v) is 4.73. The lowest BCUT2D eigenvalue weighted by Crippen LogP contribution is -2.49. The van der Waals surface area contributed by atoms with Gasteiger partial charge in [0, 0.05) is 62.8 Å². The Morgan fingerprint density at radius 3 is 2.47 bits per heavy atom. The molecule has 0 unspecified atom stereocenters. The highest BCUT2D eigenvalue weighted by atomic mass is 32.1. The average Bonchev–Trinajstić information content (AvgIpc) is 3.30. The zero-order chi connectivity index (χ0) is 22.3. The summed E-state index contributed by atoms with van der Waals surface area (Å²) in [6, 6.07) is 18.2. The molecule has 32 heavy (non-hydrogen) atoms. The molecule has 1 fully saturated rings. The molecule has 1 aromatic heterocycles. The van der Waals surface area contributed by atoms with Crippen molar-refractivity contribution in [3.05, 3.63) is 71.2 Å². The number of thiazole rings is 1. The van der Waals surface area contributed by atoms with E-state index >= 15 is 0 Å². The number of aromatic nitrogens is 1. The zero-order valence-electron chi connectivity index (χ0n) is 18.7. The van der Waals surface area contributed by atoms with E-state index in [1.807, 2.05) is 49.5 Å². The minimum absolute atomic E-state index is 0.136. The van der Waals surface area contributed by atoms with Gasteiger partial charge in [-0.3, -0.25) is 14.6 Å². The Labute approximate surface area is 194 Å². The van der Waals surface area contributed by atoms with Crippen LogP contribution in [0.15, 0.2) is 60.0 Å². The van der Waals surface area contributed by atoms with Crippen molar-refractivity contribution in [1.82, 2.24) is 19.7 Å². The molecule has 0 N–H and O–H groups in total. The van der Waals surface area contributed by atoms with Crippen LogP contribution in [-0.2, 0) is 17.9 Å². The summed E-state index contributed by atoms with van der Waals surface area (Å²) in [4.78, 5) is 24.0. The summed E-state index contributed by atoms with van der Waals surface area (Å²) < 4.78 is 5.40. The van der Waals surface area contributed by atoms with E-state index in [0.717, 1.165) is 54.7 Å². The smallest absolute Gasteiger partial charge is 0.236 e. The first-order valence-electron chi connectivity index (χ1n) is 10.9. The van der Waals surface area contributed by atoms with Gasteiger partial charge in [-0.1, -0.05) is 48.5 Å². The minimum Gasteiger partial charge on any atom is -0.496 e. The van der Waals surface area contributed by atoms with Gasteiger partial charge in [0.05, 0.1) is 19.3 Å². The number of amides is 1. The molecule has 168 valence electrons. The van der Waals surface area contributed by atoms with Gasteiger partial charge in [0.2, 0.25) is 5.91 Å². The maximum atomic E-state index is 12.7. The fourth-order valence-electron chi connectivity index (χ4n) is 3.92. The van der Waals surface area contributed by atoms with E-state index in [2.05, 4.69) is 27.3 Å². The van der Waals surface area contributed by atoms with E-state index in [1.54, 1.807) is 23.3 Å². The predicted octanol–water partition coefficient (Wildman–Crippen LogP) is 3.59. The molecule has 0 aliphatic carbocycles. The Morgan fingerprint density at radius 2 is 1.72 bits per heavy atom. The van der Waals surface area contributed by atoms with Crippen LogP contribution >= 0.6 is 11.3 Å². The van der Waals surface area contributed by atoms with Gasteiger partial charge in [-0.05, 0) is 6.07 Å². The maximum Gasteiger partial charge on any atom is 0.236 e. The number of hydrogen-bond acceptors (Lipinski definition) is 6. The van der Waals surface area contributed by atoms with Gasteiger partial charge >= 0.3 is 0 Å². The maximum absolute atomic E-state index is 12.7. The molecule has 0 bridgehead atoms. The number of piperazine rings is 1. The fraction of sp³-hybridized carbons (Fsp3) is 0.360. The lowest BCUT2D eigenvalue weighted by atomic mass is 10.2. The van der Waals surface area contributed by atoms with Crippen LogP contribution in [0, 0.1) is 0 Å². The third-order valence-corrected chi connectivity index (χ3v) is 6.75. The monoisotopic (exact) mass is 450 g/mol. The van der Waals surface area contributed by atoms with Gasteiger partial charge in [-0.15, -0.1) is 11.3 Å². The molecule has 1 aliphatic heterocycles. The Morgan fingerprint density at radius 1 is 1.03 bits per heavy atom. The molecule has 0 radical (unpaired) electrons. The van der Waals surface area contributed by atoms with Gasteiger partial charge in [0.1, 0.15) is 10.8 Å². The quantitative estimate of drug-likeness (QED) is 0.525. The van der Waals surface area contributed by atoms with Crippen LogP contribution in [-0.4, -0.2) is 72.5 Å². The van der Waals surface area contributed by atoms with Crippen LogP contribution in [0.25, 0.3) is 10.6 Å². The predicted molar refractivity (Wildman–Crippen MR) is 129 cm³/mol. The third-order valence-electron chi connectivity index (χ3n) is 5.81. The van der Waals surface area contributed by atoms with E-state index in [-0.39, 0.29) is 5.91 Å². The number of carbonyl (C=O) groups excluding carboxylic acids is 1. The summed E-state index contributed by atoms with van der Waals surface area (Å²) in [6.07, 6.45) is 0. The summed E-state index contributed by atoms with van der Waals surface area (Å²) in [5, 5.41) is 3.23. The molecule has 3 aromatic rings. The van der Waals surface area contributed by atoms with Crippen molar-refractivity contribution in [2.24, 2.45) is 0 Å². The first kappa shape index (κ1) is 22.5. The number of ether oxygens (including phenoxy) is 1. The van der Waals surface area contributed by atoms with Gasteiger partial charge in [-0.2, -0.15) is 0 Å². The Bertz CT molecular complexity index is 1020. The number of rotatable bonds is 8. The second kappa shape index (κ2) is 10.7. The van der Waals surface area contributed by atoms with Crippen molar-refractivity contribution < 1.29 is 9.53 Å². The van der Waals surface area contributed by atoms with Crippen molar-refractivity contribution in [2.75, 3.05) is 46.9 Å². The van der Waals surface area contributed by atoms with Gasteiger partial charge in [0.25, 0.3) is 0 Å². The van der Waals surface area contributed by atoms with E-state index in [0.29, 0.717) is 13.1 Å². The van der Waals surface area contributed by atoms with Gasteiger partial charge in [0.15, 0.2) is 0 Å². The SMILES string of the molecule is COc1ccccc1CN(C)C(=O)CN1CCN(Cc2csc(-c3ccccc3)n2)CC1. The Balaban J connectivity index is 1.23. The average molecular weight is 451 g/mol. The first-order chi connectivity index (χ1) is 15.6.